The smallest absolute Gasteiger partial charge is 0.744 e. The Kier molecular flexibility index (Phi) is 8.64. The third-order valence-corrected chi connectivity index (χ3v) is 7.74. The third kappa shape index (κ3) is 5.39. The second kappa shape index (κ2) is 11.6. The predicted octanol–water partition coefficient (Wildman–Crippen LogP) is 2.26. The minimum absolute atomic E-state index is 0. The molecule has 5 rings (SSSR count). The van der Waals surface area contributed by atoms with Crippen LogP contribution in [0, 0.1) is 0 Å². The number of nitrogens with one attached hydrogen (secondary N) is 2. The quantitative estimate of drug-likeness (QED) is 0.269. The molecule has 38 heavy (non-hydrogen) atoms. The molecule has 0 unspecified atom stereocenters. The van der Waals surface area contributed by atoms with Crippen molar-refractivity contribution in [1.82, 2.24) is 0 Å². The molecule has 10 heteroatoms. The molecule has 0 radical (unpaired) electrons. The Morgan fingerprint density at radius 1 is 0.842 bits per heavy atom. The van der Waals surface area contributed by atoms with Crippen LogP contribution in [0.25, 0.3) is 0 Å². The molecule has 0 aliphatic heterocycles. The zero-order valence-electron chi connectivity index (χ0n) is 21.4. The van der Waals surface area contributed by atoms with Crippen LogP contribution < -0.4 is 44.9 Å². The maximum absolute atomic E-state index is 14.0. The van der Waals surface area contributed by atoms with Gasteiger partial charge in [-0.3, -0.25) is 9.59 Å². The summed E-state index contributed by atoms with van der Waals surface area (Å²) in [6.07, 6.45) is 5.27. The third-order valence-electron chi connectivity index (χ3n) is 6.85. The Morgan fingerprint density at radius 3 is 2.24 bits per heavy atom. The van der Waals surface area contributed by atoms with Gasteiger partial charge in [0, 0.05) is 17.3 Å². The average Bonchev–Trinajstić information content (AvgIpc) is 2.88. The summed E-state index contributed by atoms with van der Waals surface area (Å²) in [6.45, 7) is 2.14. The SMILES string of the molecule is CCOc1cccc2c1C(=O)c1c(NC3CCCCC3)ccc(Nc3ccccc3S(=O)(=O)[O-])c1C2=O.[Na+]. The van der Waals surface area contributed by atoms with E-state index in [0.717, 1.165) is 25.7 Å². The van der Waals surface area contributed by atoms with Gasteiger partial charge in [0.25, 0.3) is 0 Å². The van der Waals surface area contributed by atoms with Gasteiger partial charge in [0.2, 0.25) is 0 Å². The van der Waals surface area contributed by atoms with E-state index in [0.29, 0.717) is 18.0 Å². The Balaban J connectivity index is 0.00000336. The molecule has 2 aliphatic rings. The van der Waals surface area contributed by atoms with E-state index in [1.54, 1.807) is 36.4 Å². The summed E-state index contributed by atoms with van der Waals surface area (Å²) in [4.78, 5) is 27.4. The van der Waals surface area contributed by atoms with Crippen LogP contribution >= 0.6 is 0 Å². The molecule has 3 aromatic carbocycles. The zero-order chi connectivity index (χ0) is 26.2. The van der Waals surface area contributed by atoms with Crippen molar-refractivity contribution in [2.45, 2.75) is 50.0 Å². The first-order valence-electron chi connectivity index (χ1n) is 12.4. The fourth-order valence-corrected chi connectivity index (χ4v) is 5.82. The van der Waals surface area contributed by atoms with E-state index in [1.807, 2.05) is 6.92 Å². The number of rotatable bonds is 7. The molecule has 0 spiro atoms. The molecule has 0 amide bonds. The van der Waals surface area contributed by atoms with E-state index in [2.05, 4.69) is 10.6 Å². The zero-order valence-corrected chi connectivity index (χ0v) is 24.2. The van der Waals surface area contributed by atoms with Gasteiger partial charge in [-0.05, 0) is 50.1 Å². The summed E-state index contributed by atoms with van der Waals surface area (Å²) in [6, 6.07) is 14.1. The molecule has 1 saturated carbocycles. The molecule has 2 aliphatic carbocycles. The Labute approximate surface area is 244 Å². The fraction of sp³-hybridized carbons (Fsp3) is 0.286. The topological polar surface area (TPSA) is 125 Å². The molecule has 192 valence electrons. The summed E-state index contributed by atoms with van der Waals surface area (Å²) < 4.78 is 41.2. The molecule has 0 heterocycles. The maximum atomic E-state index is 14.0. The number of carbonyl (C=O) groups is 2. The van der Waals surface area contributed by atoms with Crippen LogP contribution in [-0.4, -0.2) is 37.2 Å². The Hall–Kier alpha value is -2.69. The van der Waals surface area contributed by atoms with Gasteiger partial charge < -0.3 is 19.9 Å². The van der Waals surface area contributed by atoms with Crippen molar-refractivity contribution in [3.63, 3.8) is 0 Å². The van der Waals surface area contributed by atoms with Gasteiger partial charge in [-0.15, -0.1) is 0 Å². The normalized spacial score (nSPS) is 15.2. The van der Waals surface area contributed by atoms with Crippen molar-refractivity contribution >= 4 is 38.7 Å². The van der Waals surface area contributed by atoms with E-state index >= 15 is 0 Å². The first-order valence-corrected chi connectivity index (χ1v) is 13.8. The van der Waals surface area contributed by atoms with Gasteiger partial charge in [0.15, 0.2) is 11.6 Å². The van der Waals surface area contributed by atoms with Gasteiger partial charge in [0.05, 0.1) is 39.6 Å². The molecule has 0 aromatic heterocycles. The van der Waals surface area contributed by atoms with Crippen molar-refractivity contribution in [3.05, 3.63) is 76.9 Å². The van der Waals surface area contributed by atoms with E-state index in [9.17, 15) is 22.6 Å². The van der Waals surface area contributed by atoms with Crippen LogP contribution in [0.15, 0.2) is 59.5 Å². The molecular weight excluding hydrogens is 515 g/mol. The number of hydrogen-bond acceptors (Lipinski definition) is 8. The molecule has 0 atom stereocenters. The minimum atomic E-state index is -4.78. The van der Waals surface area contributed by atoms with Crippen molar-refractivity contribution in [2.75, 3.05) is 17.2 Å². The number of ether oxygens (including phenoxy) is 1. The van der Waals surface area contributed by atoms with Gasteiger partial charge in [0.1, 0.15) is 15.9 Å². The van der Waals surface area contributed by atoms with Crippen molar-refractivity contribution < 1.29 is 56.9 Å². The number of ketones is 2. The summed E-state index contributed by atoms with van der Waals surface area (Å²) in [5.41, 5.74) is 1.59. The van der Waals surface area contributed by atoms with Crippen LogP contribution in [0.2, 0.25) is 0 Å². The maximum Gasteiger partial charge on any atom is 1.00 e. The minimum Gasteiger partial charge on any atom is -0.744 e. The van der Waals surface area contributed by atoms with Gasteiger partial charge in [-0.25, -0.2) is 8.42 Å². The predicted molar refractivity (Wildman–Crippen MR) is 139 cm³/mol. The standard InChI is InChI=1S/C28H28N2O6S.Na/c1-2-36-22-13-8-11-18-24(22)28(32)26-20(29-17-9-4-3-5-10-17)15-16-21(25(26)27(18)31)30-19-12-6-7-14-23(19)37(33,34)35;/h6-8,11-17,29-30H,2-5,9-10H2,1H3,(H,33,34,35);/q;+1/p-1. The number of benzene rings is 3. The van der Waals surface area contributed by atoms with Gasteiger partial charge in [-0.2, -0.15) is 0 Å². The van der Waals surface area contributed by atoms with Gasteiger partial charge >= 0.3 is 29.6 Å². The number of para-hydroxylation sites is 1. The van der Waals surface area contributed by atoms with E-state index < -0.39 is 15.0 Å². The largest absolute Gasteiger partial charge is 1.00 e. The molecule has 1 fully saturated rings. The van der Waals surface area contributed by atoms with Gasteiger partial charge in [-0.1, -0.05) is 43.5 Å². The fourth-order valence-electron chi connectivity index (χ4n) is 5.19. The first-order chi connectivity index (χ1) is 17.8. The number of carbonyl (C=O) groups excluding carboxylic acids is 2. The van der Waals surface area contributed by atoms with Crippen LogP contribution in [0.1, 0.15) is 70.9 Å². The van der Waals surface area contributed by atoms with E-state index in [1.165, 1.54) is 24.6 Å². The van der Waals surface area contributed by atoms with Crippen molar-refractivity contribution in [3.8, 4) is 5.75 Å². The average molecular weight is 543 g/mol. The second-order valence-corrected chi connectivity index (χ2v) is 10.6. The van der Waals surface area contributed by atoms with Crippen LogP contribution in [0.4, 0.5) is 17.1 Å². The van der Waals surface area contributed by atoms with E-state index in [4.69, 9.17) is 4.74 Å². The molecule has 8 nitrogen and oxygen atoms in total. The van der Waals surface area contributed by atoms with E-state index in [-0.39, 0.29) is 80.8 Å². The Bertz CT molecular complexity index is 1500. The van der Waals surface area contributed by atoms with Crippen LogP contribution in [-0.2, 0) is 10.1 Å². The number of fused-ring (bicyclic) bond motifs is 2. The first kappa shape index (κ1) is 28.3. The summed E-state index contributed by atoms with van der Waals surface area (Å²) in [7, 11) is -4.78. The molecule has 2 N–H and O–H groups in total. The second-order valence-electron chi connectivity index (χ2n) is 9.24. The monoisotopic (exact) mass is 542 g/mol. The number of hydrogen-bond donors (Lipinski definition) is 2. The number of anilines is 3. The molecule has 0 saturated heterocycles. The van der Waals surface area contributed by atoms with Crippen molar-refractivity contribution in [1.29, 1.82) is 0 Å². The summed E-state index contributed by atoms with van der Waals surface area (Å²) in [5, 5.41) is 6.43. The Morgan fingerprint density at radius 2 is 1.53 bits per heavy atom. The van der Waals surface area contributed by atoms with Crippen LogP contribution in [0.3, 0.4) is 0 Å². The molecular formula is C28H27N2NaO6S. The summed E-state index contributed by atoms with van der Waals surface area (Å²) >= 11 is 0. The van der Waals surface area contributed by atoms with Crippen LogP contribution in [0.5, 0.6) is 5.75 Å². The van der Waals surface area contributed by atoms with Crippen molar-refractivity contribution in [2.24, 2.45) is 0 Å². The molecule has 3 aromatic rings. The molecule has 0 bridgehead atoms. The summed E-state index contributed by atoms with van der Waals surface area (Å²) in [5.74, 6) is -0.391.